The maximum atomic E-state index is 14.6. The summed E-state index contributed by atoms with van der Waals surface area (Å²) in [6, 6.07) is 9.47. The molecular formula is C31H34N8O7. The van der Waals surface area contributed by atoms with Gasteiger partial charge in [0.05, 0.1) is 40.0 Å². The summed E-state index contributed by atoms with van der Waals surface area (Å²) < 4.78 is 0. The van der Waals surface area contributed by atoms with Crippen LogP contribution < -0.4 is 32.7 Å². The molecule has 0 saturated heterocycles. The number of phenols is 1. The van der Waals surface area contributed by atoms with Gasteiger partial charge in [0, 0.05) is 25.5 Å². The lowest BCUT2D eigenvalue weighted by molar-refractivity contribution is -0.139. The summed E-state index contributed by atoms with van der Waals surface area (Å²) in [4.78, 5) is 56.3. The Labute approximate surface area is 263 Å². The van der Waals surface area contributed by atoms with Gasteiger partial charge in [-0.3, -0.25) is 19.3 Å². The Balaban J connectivity index is 1.75. The van der Waals surface area contributed by atoms with Gasteiger partial charge < -0.3 is 48.1 Å². The number of hydrogen-bond donors (Lipinski definition) is 8. The van der Waals surface area contributed by atoms with E-state index >= 15 is 0 Å². The fraction of sp³-hybridized carbons (Fsp3) is 0.323. The molecular weight excluding hydrogens is 596 g/mol. The Morgan fingerprint density at radius 1 is 1.04 bits per heavy atom. The second-order valence-electron chi connectivity index (χ2n) is 12.3. The number of para-hydroxylation sites is 1. The number of ketones is 2. The molecule has 46 heavy (non-hydrogen) atoms. The highest BCUT2D eigenvalue weighted by Crippen LogP contribution is 2.59. The van der Waals surface area contributed by atoms with Crippen LogP contribution in [0.5, 0.6) is 5.75 Å². The zero-order valence-electron chi connectivity index (χ0n) is 25.5. The number of anilines is 3. The number of nitriles is 1. The number of primary amides is 1. The zero-order valence-corrected chi connectivity index (χ0v) is 25.5. The molecule has 0 unspecified atom stereocenters. The van der Waals surface area contributed by atoms with Crippen LogP contribution in [0.4, 0.5) is 21.9 Å². The predicted octanol–water partition coefficient (Wildman–Crippen LogP) is 0.615. The normalized spacial score (nSPS) is 27.0. The highest BCUT2D eigenvalue weighted by atomic mass is 16.3. The van der Waals surface area contributed by atoms with Crippen LogP contribution in [0, 0.1) is 16.7 Å². The van der Waals surface area contributed by atoms with Gasteiger partial charge in [0.2, 0.25) is 0 Å². The lowest BCUT2D eigenvalue weighted by Crippen LogP contribution is -2.80. The minimum absolute atomic E-state index is 0.131. The topological polar surface area (TPSA) is 261 Å². The maximum Gasteiger partial charge on any atom is 0.323 e. The van der Waals surface area contributed by atoms with Gasteiger partial charge in [0.1, 0.15) is 17.1 Å². The minimum Gasteiger partial charge on any atom is -0.509 e. The van der Waals surface area contributed by atoms with Gasteiger partial charge in [-0.05, 0) is 50.7 Å². The number of benzene rings is 2. The van der Waals surface area contributed by atoms with Crippen molar-refractivity contribution in [3.8, 4) is 11.8 Å². The van der Waals surface area contributed by atoms with E-state index in [0.29, 0.717) is 11.4 Å². The highest BCUT2D eigenvalue weighted by Gasteiger charge is 2.74. The SMILES string of the molecule is CN(C)c1cc(NC(=O)Nc2ccccc2)c(O)c2c1C[C@@]1(N)C[C@@]3(N)[C@H](N(C)C)C(=O)C(C(N)=O)=C(O)[C@@]3(C#N)C(=O)C1=C2O. The number of nitrogens with zero attached hydrogens (tertiary/aromatic N) is 3. The first-order valence-electron chi connectivity index (χ1n) is 14.1. The van der Waals surface area contributed by atoms with Crippen LogP contribution in [0.3, 0.4) is 0 Å². The average molecular weight is 631 g/mol. The molecule has 3 aliphatic rings. The lowest BCUT2D eigenvalue weighted by Gasteiger charge is -2.58. The number of rotatable bonds is 5. The number of Topliss-reactive ketones (excluding diaryl/α,β-unsaturated/α-hetero) is 2. The summed E-state index contributed by atoms with van der Waals surface area (Å²) >= 11 is 0. The molecule has 3 amide bonds. The van der Waals surface area contributed by atoms with E-state index in [9.17, 15) is 39.8 Å². The van der Waals surface area contributed by atoms with Crippen molar-refractivity contribution in [2.45, 2.75) is 30.0 Å². The largest absolute Gasteiger partial charge is 0.509 e. The van der Waals surface area contributed by atoms with Crippen LogP contribution in [-0.4, -0.2) is 89.0 Å². The van der Waals surface area contributed by atoms with Crippen molar-refractivity contribution in [2.75, 3.05) is 43.7 Å². The number of likely N-dealkylation sites (N-methyl/N-ethyl adjacent to an activating group) is 1. The molecule has 240 valence electrons. The van der Waals surface area contributed by atoms with Crippen LogP contribution >= 0.6 is 0 Å². The number of fused-ring (bicyclic) bond motifs is 3. The van der Waals surface area contributed by atoms with E-state index in [1.807, 2.05) is 0 Å². The van der Waals surface area contributed by atoms with E-state index in [-0.39, 0.29) is 23.2 Å². The Morgan fingerprint density at radius 3 is 2.22 bits per heavy atom. The smallest absolute Gasteiger partial charge is 0.323 e. The van der Waals surface area contributed by atoms with Crippen LogP contribution in [0.2, 0.25) is 0 Å². The summed E-state index contributed by atoms with van der Waals surface area (Å²) in [6.07, 6.45) is -0.733. The first-order chi connectivity index (χ1) is 21.5. The molecule has 0 bridgehead atoms. The second kappa shape index (κ2) is 10.6. The average Bonchev–Trinajstić information content (AvgIpc) is 2.93. The van der Waals surface area contributed by atoms with Crippen LogP contribution in [-0.2, 0) is 20.8 Å². The molecule has 1 saturated carbocycles. The van der Waals surface area contributed by atoms with E-state index < -0.39 is 80.9 Å². The number of carbonyl (C=O) groups excluding carboxylic acids is 4. The minimum atomic E-state index is -2.78. The molecule has 0 heterocycles. The Morgan fingerprint density at radius 2 is 1.67 bits per heavy atom. The molecule has 0 aromatic heterocycles. The number of amides is 3. The third-order valence-corrected chi connectivity index (χ3v) is 8.99. The number of aromatic hydroxyl groups is 1. The van der Waals surface area contributed by atoms with Gasteiger partial charge in [0.15, 0.2) is 22.7 Å². The molecule has 1 fully saturated rings. The van der Waals surface area contributed by atoms with Crippen molar-refractivity contribution in [1.29, 1.82) is 5.26 Å². The first-order valence-corrected chi connectivity index (χ1v) is 14.1. The Bertz CT molecular complexity index is 1830. The summed E-state index contributed by atoms with van der Waals surface area (Å²) in [5, 5.41) is 50.3. The second-order valence-corrected chi connectivity index (χ2v) is 12.3. The number of nitrogens with two attached hydrogens (primary N) is 3. The van der Waals surface area contributed by atoms with Gasteiger partial charge in [-0.15, -0.1) is 0 Å². The van der Waals surface area contributed by atoms with Crippen molar-refractivity contribution >= 4 is 46.3 Å². The summed E-state index contributed by atoms with van der Waals surface area (Å²) in [5.41, 5.74) is 11.6. The monoisotopic (exact) mass is 630 g/mol. The number of aliphatic hydroxyl groups excluding tert-OH is 2. The van der Waals surface area contributed by atoms with Gasteiger partial charge in [0.25, 0.3) is 5.91 Å². The molecule has 15 heteroatoms. The van der Waals surface area contributed by atoms with E-state index in [2.05, 4.69) is 10.6 Å². The molecule has 2 aromatic rings. The summed E-state index contributed by atoms with van der Waals surface area (Å²) in [6.45, 7) is 0. The summed E-state index contributed by atoms with van der Waals surface area (Å²) in [7, 11) is 6.23. The highest BCUT2D eigenvalue weighted by molar-refractivity contribution is 6.25. The number of urea groups is 1. The zero-order chi connectivity index (χ0) is 34.1. The lowest BCUT2D eigenvalue weighted by atomic mass is 9.47. The van der Waals surface area contributed by atoms with Crippen LogP contribution in [0.15, 0.2) is 53.3 Å². The van der Waals surface area contributed by atoms with E-state index in [4.69, 9.17) is 17.2 Å². The van der Waals surface area contributed by atoms with E-state index in [1.54, 1.807) is 55.4 Å². The number of nitrogens with one attached hydrogen (secondary N) is 2. The third-order valence-electron chi connectivity index (χ3n) is 8.99. The molecule has 0 spiro atoms. The van der Waals surface area contributed by atoms with Crippen LogP contribution in [0.25, 0.3) is 5.76 Å². The number of phenolic OH excluding ortho intramolecular Hbond substituents is 1. The number of carbonyl (C=O) groups is 4. The van der Waals surface area contributed by atoms with Gasteiger partial charge in [-0.25, -0.2) is 4.79 Å². The molecule has 4 atom stereocenters. The summed E-state index contributed by atoms with van der Waals surface area (Å²) in [5.74, 6) is -6.32. The van der Waals surface area contributed by atoms with Crippen molar-refractivity contribution in [1.82, 2.24) is 4.90 Å². The quantitative estimate of drug-likeness (QED) is 0.167. The Kier molecular flexibility index (Phi) is 7.36. The molecule has 0 aliphatic heterocycles. The third kappa shape index (κ3) is 4.22. The molecule has 2 aromatic carbocycles. The van der Waals surface area contributed by atoms with E-state index in [1.165, 1.54) is 25.1 Å². The molecule has 11 N–H and O–H groups in total. The fourth-order valence-electron chi connectivity index (χ4n) is 7.18. The molecule has 15 nitrogen and oxygen atoms in total. The van der Waals surface area contributed by atoms with Crippen molar-refractivity contribution in [3.63, 3.8) is 0 Å². The van der Waals surface area contributed by atoms with Crippen molar-refractivity contribution in [3.05, 3.63) is 64.4 Å². The van der Waals surface area contributed by atoms with E-state index in [0.717, 1.165) is 0 Å². The van der Waals surface area contributed by atoms with Gasteiger partial charge in [-0.1, -0.05) is 18.2 Å². The molecule has 0 radical (unpaired) electrons. The first kappa shape index (κ1) is 32.0. The fourth-order valence-corrected chi connectivity index (χ4v) is 7.18. The predicted molar refractivity (Wildman–Crippen MR) is 168 cm³/mol. The van der Waals surface area contributed by atoms with Crippen LogP contribution in [0.1, 0.15) is 17.5 Å². The molecule has 3 aliphatic carbocycles. The van der Waals surface area contributed by atoms with Crippen molar-refractivity contribution in [2.24, 2.45) is 22.6 Å². The maximum absolute atomic E-state index is 14.6. The number of hydrogen-bond acceptors (Lipinski definition) is 12. The van der Waals surface area contributed by atoms with Gasteiger partial charge in [-0.2, -0.15) is 5.26 Å². The van der Waals surface area contributed by atoms with Crippen molar-refractivity contribution < 1.29 is 34.5 Å². The Hall–Kier alpha value is -5.43. The number of aliphatic hydroxyl groups is 2. The van der Waals surface area contributed by atoms with Gasteiger partial charge >= 0.3 is 6.03 Å². The molecule has 5 rings (SSSR count). The standard InChI is InChI=1S/C31H34N8O7/c1-38(2)17-10-16(37-28(46)36-14-8-6-5-7-9-14)21(40)18-15(17)11-29(34)12-31(35)24(39(3)4)23(42)19(27(33)45)25(43)30(31,13-32)26(44)20(29)22(18)41/h5-10,24,40-41,43H,11-12,34-35H2,1-4H3,(H2,33,45)(H2,36,37,46)/t24-,29-,30+,31-/m1/s1.